The van der Waals surface area contributed by atoms with Crippen molar-refractivity contribution in [1.82, 2.24) is 0 Å². The molecule has 0 aliphatic carbocycles. The molecule has 0 radical (unpaired) electrons. The van der Waals surface area contributed by atoms with Crippen LogP contribution in [0.25, 0.3) is 0 Å². The van der Waals surface area contributed by atoms with Gasteiger partial charge in [-0.3, -0.25) is 0 Å². The third-order valence-electron chi connectivity index (χ3n) is 5.77. The van der Waals surface area contributed by atoms with Crippen molar-refractivity contribution in [1.29, 1.82) is 0 Å². The second kappa shape index (κ2) is 25.1. The highest BCUT2D eigenvalue weighted by molar-refractivity contribution is 4.57. The Morgan fingerprint density at radius 3 is 1.10 bits per heavy atom. The van der Waals surface area contributed by atoms with E-state index in [0.29, 0.717) is 26.4 Å². The van der Waals surface area contributed by atoms with Crippen LogP contribution in [-0.2, 0) is 9.47 Å². The summed E-state index contributed by atoms with van der Waals surface area (Å²) in [7, 11) is 0. The van der Waals surface area contributed by atoms with Gasteiger partial charge in [-0.05, 0) is 12.8 Å². The molecular weight excluding hydrogens is 376 g/mol. The quantitative estimate of drug-likeness (QED) is 0.156. The van der Waals surface area contributed by atoms with Crippen LogP contribution in [0.1, 0.15) is 129 Å². The van der Waals surface area contributed by atoms with E-state index in [1.165, 1.54) is 89.9 Å². The molecule has 0 rings (SSSR count). The Labute approximate surface area is 188 Å². The summed E-state index contributed by atoms with van der Waals surface area (Å²) in [4.78, 5) is 0. The van der Waals surface area contributed by atoms with Crippen LogP contribution in [0, 0.1) is 0 Å². The minimum atomic E-state index is -0.363. The predicted octanol–water partition coefficient (Wildman–Crippen LogP) is 6.80. The lowest BCUT2D eigenvalue weighted by molar-refractivity contribution is -0.0202. The number of hydrogen-bond acceptors (Lipinski definition) is 4. The second-order valence-electron chi connectivity index (χ2n) is 8.98. The van der Waals surface area contributed by atoms with E-state index in [2.05, 4.69) is 13.8 Å². The summed E-state index contributed by atoms with van der Waals surface area (Å²) in [5, 5.41) is 19.9. The number of unbranched alkanes of at least 4 members (excludes halogenated alkanes) is 14. The molecule has 0 fully saturated rings. The first-order valence-corrected chi connectivity index (χ1v) is 13.2. The Balaban J connectivity index is 3.25. The number of aliphatic hydroxyl groups is 2. The number of rotatable bonds is 25. The summed E-state index contributed by atoms with van der Waals surface area (Å²) in [6.45, 7) is 6.24. The fourth-order valence-electron chi connectivity index (χ4n) is 3.75. The molecule has 0 saturated heterocycles. The van der Waals surface area contributed by atoms with Crippen LogP contribution in [-0.4, -0.2) is 48.8 Å². The van der Waals surface area contributed by atoms with Crippen molar-refractivity contribution in [3.63, 3.8) is 0 Å². The van der Waals surface area contributed by atoms with E-state index in [9.17, 15) is 10.2 Å². The lowest BCUT2D eigenvalue weighted by Gasteiger charge is -2.13. The Morgan fingerprint density at radius 1 is 0.467 bits per heavy atom. The van der Waals surface area contributed by atoms with E-state index in [-0.39, 0.29) is 12.2 Å². The molecule has 2 N–H and O–H groups in total. The van der Waals surface area contributed by atoms with Gasteiger partial charge in [0.15, 0.2) is 0 Å². The molecule has 0 aromatic carbocycles. The van der Waals surface area contributed by atoms with Gasteiger partial charge in [-0.15, -0.1) is 0 Å². The van der Waals surface area contributed by atoms with E-state index in [0.717, 1.165) is 25.7 Å². The van der Waals surface area contributed by atoms with Gasteiger partial charge in [0.05, 0.1) is 38.6 Å². The first kappa shape index (κ1) is 29.8. The summed E-state index contributed by atoms with van der Waals surface area (Å²) < 4.78 is 11.0. The minimum Gasteiger partial charge on any atom is -0.391 e. The molecule has 4 nitrogen and oxygen atoms in total. The molecule has 0 aliphatic rings. The molecule has 0 amide bonds. The van der Waals surface area contributed by atoms with Gasteiger partial charge in [-0.2, -0.15) is 0 Å². The fraction of sp³-hybridized carbons (Fsp3) is 1.00. The van der Waals surface area contributed by atoms with Gasteiger partial charge >= 0.3 is 0 Å². The summed E-state index contributed by atoms with van der Waals surface area (Å²) >= 11 is 0. The standard InChI is InChI=1S/C26H54O4/c1-3-5-7-9-11-13-15-17-19-25(27)23-29-21-22-30-24-26(28)20-18-16-14-12-10-8-6-4-2/h25-28H,3-24H2,1-2H3. The molecule has 0 spiro atoms. The van der Waals surface area contributed by atoms with Crippen molar-refractivity contribution in [2.45, 2.75) is 142 Å². The third-order valence-corrected chi connectivity index (χ3v) is 5.77. The smallest absolute Gasteiger partial charge is 0.0773 e. The van der Waals surface area contributed by atoms with E-state index in [1.54, 1.807) is 0 Å². The molecular formula is C26H54O4. The third kappa shape index (κ3) is 24.1. The van der Waals surface area contributed by atoms with E-state index in [1.807, 2.05) is 0 Å². The van der Waals surface area contributed by atoms with Crippen LogP contribution in [0.4, 0.5) is 0 Å². The maximum absolute atomic E-state index is 9.96. The van der Waals surface area contributed by atoms with Crippen molar-refractivity contribution < 1.29 is 19.7 Å². The van der Waals surface area contributed by atoms with Gasteiger partial charge in [0.1, 0.15) is 0 Å². The second-order valence-corrected chi connectivity index (χ2v) is 8.98. The molecule has 0 aromatic heterocycles. The Kier molecular flexibility index (Phi) is 25.0. The zero-order valence-electron chi connectivity index (χ0n) is 20.4. The number of aliphatic hydroxyl groups excluding tert-OH is 2. The maximum atomic E-state index is 9.96. The predicted molar refractivity (Wildman–Crippen MR) is 128 cm³/mol. The number of hydrogen-bond donors (Lipinski definition) is 2. The minimum absolute atomic E-state index is 0.363. The normalized spacial score (nSPS) is 13.6. The lowest BCUT2D eigenvalue weighted by atomic mass is 10.1. The average molecular weight is 431 g/mol. The zero-order chi connectivity index (χ0) is 22.1. The Morgan fingerprint density at radius 2 is 0.767 bits per heavy atom. The van der Waals surface area contributed by atoms with Gasteiger partial charge in [0.2, 0.25) is 0 Å². The molecule has 0 aromatic rings. The van der Waals surface area contributed by atoms with Gasteiger partial charge in [0, 0.05) is 0 Å². The van der Waals surface area contributed by atoms with Gasteiger partial charge < -0.3 is 19.7 Å². The van der Waals surface area contributed by atoms with Crippen molar-refractivity contribution in [2.24, 2.45) is 0 Å². The Hall–Kier alpha value is -0.160. The monoisotopic (exact) mass is 430 g/mol. The highest BCUT2D eigenvalue weighted by atomic mass is 16.5. The van der Waals surface area contributed by atoms with Crippen LogP contribution >= 0.6 is 0 Å². The van der Waals surface area contributed by atoms with Crippen LogP contribution in [0.3, 0.4) is 0 Å². The molecule has 0 saturated carbocycles. The van der Waals surface area contributed by atoms with Crippen molar-refractivity contribution in [3.8, 4) is 0 Å². The molecule has 2 atom stereocenters. The molecule has 30 heavy (non-hydrogen) atoms. The summed E-state index contributed by atoms with van der Waals surface area (Å²) in [6, 6.07) is 0. The zero-order valence-corrected chi connectivity index (χ0v) is 20.4. The first-order valence-electron chi connectivity index (χ1n) is 13.2. The highest BCUT2D eigenvalue weighted by Gasteiger charge is 2.06. The first-order chi connectivity index (χ1) is 14.7. The van der Waals surface area contributed by atoms with E-state index >= 15 is 0 Å². The summed E-state index contributed by atoms with van der Waals surface area (Å²) in [6.07, 6.45) is 21.5. The van der Waals surface area contributed by atoms with Crippen molar-refractivity contribution >= 4 is 0 Å². The van der Waals surface area contributed by atoms with Crippen LogP contribution in [0.15, 0.2) is 0 Å². The molecule has 0 bridgehead atoms. The van der Waals surface area contributed by atoms with Gasteiger partial charge in [-0.1, -0.05) is 117 Å². The Bertz CT molecular complexity index is 281. The molecule has 0 heterocycles. The van der Waals surface area contributed by atoms with Gasteiger partial charge in [0.25, 0.3) is 0 Å². The van der Waals surface area contributed by atoms with E-state index in [4.69, 9.17) is 9.47 Å². The highest BCUT2D eigenvalue weighted by Crippen LogP contribution is 2.12. The topological polar surface area (TPSA) is 58.9 Å². The average Bonchev–Trinajstić information content (AvgIpc) is 2.74. The van der Waals surface area contributed by atoms with Crippen molar-refractivity contribution in [2.75, 3.05) is 26.4 Å². The molecule has 2 unspecified atom stereocenters. The van der Waals surface area contributed by atoms with Crippen molar-refractivity contribution in [3.05, 3.63) is 0 Å². The van der Waals surface area contributed by atoms with Gasteiger partial charge in [-0.25, -0.2) is 0 Å². The fourth-order valence-corrected chi connectivity index (χ4v) is 3.75. The molecule has 4 heteroatoms. The summed E-state index contributed by atoms with van der Waals surface area (Å²) in [5.41, 5.74) is 0. The largest absolute Gasteiger partial charge is 0.391 e. The SMILES string of the molecule is CCCCCCCCCCC(O)COCCOCC(O)CCCCCCCCCC. The molecule has 0 aliphatic heterocycles. The molecule has 182 valence electrons. The lowest BCUT2D eigenvalue weighted by Crippen LogP contribution is -2.20. The number of ether oxygens (including phenoxy) is 2. The van der Waals surface area contributed by atoms with Crippen LogP contribution in [0.5, 0.6) is 0 Å². The summed E-state index contributed by atoms with van der Waals surface area (Å²) in [5.74, 6) is 0. The van der Waals surface area contributed by atoms with Crippen LogP contribution in [0.2, 0.25) is 0 Å². The maximum Gasteiger partial charge on any atom is 0.0773 e. The van der Waals surface area contributed by atoms with E-state index < -0.39 is 0 Å². The van der Waals surface area contributed by atoms with Crippen LogP contribution < -0.4 is 0 Å².